The highest BCUT2D eigenvalue weighted by atomic mass is 16.7. The van der Waals surface area contributed by atoms with Gasteiger partial charge in [0.25, 0.3) is 5.91 Å². The van der Waals surface area contributed by atoms with Gasteiger partial charge in [-0.15, -0.1) is 0 Å². The molecule has 9 heteroatoms. The number of nitrogens with one attached hydrogen (secondary N) is 1. The van der Waals surface area contributed by atoms with Gasteiger partial charge in [-0.25, -0.2) is 4.98 Å². The zero-order valence-electron chi connectivity index (χ0n) is 14.8. The second-order valence-corrected chi connectivity index (χ2v) is 6.11. The van der Waals surface area contributed by atoms with Crippen molar-refractivity contribution in [2.45, 2.75) is 13.2 Å². The van der Waals surface area contributed by atoms with E-state index in [4.69, 9.17) is 14.2 Å². The van der Waals surface area contributed by atoms with E-state index in [9.17, 15) is 4.79 Å². The molecule has 0 bridgehead atoms. The van der Waals surface area contributed by atoms with Crippen molar-refractivity contribution in [3.8, 4) is 17.2 Å². The Morgan fingerprint density at radius 3 is 3.07 bits per heavy atom. The molecule has 0 atom stereocenters. The average Bonchev–Trinajstić information content (AvgIpc) is 3.45. The van der Waals surface area contributed by atoms with E-state index in [0.717, 1.165) is 0 Å². The van der Waals surface area contributed by atoms with Gasteiger partial charge < -0.3 is 23.7 Å². The lowest BCUT2D eigenvalue weighted by Crippen LogP contribution is -2.30. The molecule has 2 aromatic heterocycles. The van der Waals surface area contributed by atoms with Gasteiger partial charge in [-0.2, -0.15) is 5.10 Å². The third-order valence-electron chi connectivity index (χ3n) is 4.19. The van der Waals surface area contributed by atoms with Crippen LogP contribution in [0.3, 0.4) is 0 Å². The van der Waals surface area contributed by atoms with Crippen molar-refractivity contribution < 1.29 is 19.0 Å². The Labute approximate surface area is 155 Å². The zero-order valence-corrected chi connectivity index (χ0v) is 14.8. The summed E-state index contributed by atoms with van der Waals surface area (Å²) in [5.41, 5.74) is 1.06. The van der Waals surface area contributed by atoms with Crippen LogP contribution >= 0.6 is 0 Å². The van der Waals surface area contributed by atoms with Crippen molar-refractivity contribution in [3.63, 3.8) is 0 Å². The number of imidazole rings is 1. The lowest BCUT2D eigenvalue weighted by Gasteiger charge is -2.15. The third kappa shape index (κ3) is 3.86. The summed E-state index contributed by atoms with van der Waals surface area (Å²) in [6, 6.07) is 7.08. The molecule has 3 heterocycles. The molecule has 0 spiro atoms. The molecular formula is C18H19N5O4. The summed E-state index contributed by atoms with van der Waals surface area (Å²) in [5, 5.41) is 6.93. The first-order chi connectivity index (χ1) is 13.2. The molecule has 0 saturated carbocycles. The van der Waals surface area contributed by atoms with Crippen LogP contribution in [-0.2, 0) is 13.2 Å². The fourth-order valence-corrected chi connectivity index (χ4v) is 2.65. The summed E-state index contributed by atoms with van der Waals surface area (Å²) in [7, 11) is 1.75. The van der Waals surface area contributed by atoms with Gasteiger partial charge in [0.05, 0.1) is 12.0 Å². The minimum atomic E-state index is -0.152. The lowest BCUT2D eigenvalue weighted by atomic mass is 10.3. The second kappa shape index (κ2) is 7.40. The quantitative estimate of drug-likeness (QED) is 0.681. The Morgan fingerprint density at radius 1 is 1.33 bits per heavy atom. The van der Waals surface area contributed by atoms with Crippen LogP contribution in [0.4, 0.5) is 0 Å². The first-order valence-corrected chi connectivity index (χ1v) is 8.47. The Hall–Kier alpha value is -3.49. The van der Waals surface area contributed by atoms with Crippen LogP contribution in [0.15, 0.2) is 43.0 Å². The molecule has 4 rings (SSSR count). The predicted octanol–water partition coefficient (Wildman–Crippen LogP) is 1.69. The normalized spacial score (nSPS) is 12.2. The first kappa shape index (κ1) is 17.0. The maximum absolute atomic E-state index is 12.5. The van der Waals surface area contributed by atoms with Crippen molar-refractivity contribution in [2.75, 3.05) is 20.4 Å². The number of nitrogens with zero attached hydrogens (tertiary/aromatic N) is 4. The van der Waals surface area contributed by atoms with Gasteiger partial charge in [0.15, 0.2) is 17.2 Å². The highest BCUT2D eigenvalue weighted by molar-refractivity contribution is 5.92. The smallest absolute Gasteiger partial charge is 0.274 e. The maximum atomic E-state index is 12.5. The number of aromatic amines is 1. The minimum absolute atomic E-state index is 0.152. The number of hydrogen-bond donors (Lipinski definition) is 1. The third-order valence-corrected chi connectivity index (χ3v) is 4.19. The van der Waals surface area contributed by atoms with E-state index in [1.54, 1.807) is 48.7 Å². The number of hydrogen-bond acceptors (Lipinski definition) is 6. The van der Waals surface area contributed by atoms with Crippen LogP contribution in [-0.4, -0.2) is 50.9 Å². The molecule has 1 amide bonds. The molecule has 140 valence electrons. The zero-order chi connectivity index (χ0) is 18.6. The van der Waals surface area contributed by atoms with E-state index < -0.39 is 0 Å². The molecule has 27 heavy (non-hydrogen) atoms. The molecule has 0 radical (unpaired) electrons. The molecule has 0 unspecified atom stereocenters. The van der Waals surface area contributed by atoms with Crippen LogP contribution in [0, 0.1) is 0 Å². The number of amides is 1. The van der Waals surface area contributed by atoms with Gasteiger partial charge >= 0.3 is 0 Å². The van der Waals surface area contributed by atoms with Crippen molar-refractivity contribution in [2.24, 2.45) is 0 Å². The first-order valence-electron chi connectivity index (χ1n) is 8.47. The number of benzene rings is 1. The van der Waals surface area contributed by atoms with Crippen molar-refractivity contribution >= 4 is 5.91 Å². The van der Waals surface area contributed by atoms with E-state index in [0.29, 0.717) is 41.7 Å². The number of fused-ring (bicyclic) bond motifs is 1. The Kier molecular flexibility index (Phi) is 4.65. The Balaban J connectivity index is 1.31. The topological polar surface area (TPSA) is 94.5 Å². The molecule has 1 aliphatic rings. The summed E-state index contributed by atoms with van der Waals surface area (Å²) in [4.78, 5) is 18.1. The van der Waals surface area contributed by atoms with Crippen LogP contribution in [0.2, 0.25) is 0 Å². The molecule has 1 aliphatic heterocycles. The summed E-state index contributed by atoms with van der Waals surface area (Å²) in [5.74, 6) is 1.86. The van der Waals surface area contributed by atoms with Gasteiger partial charge in [0, 0.05) is 38.6 Å². The minimum Gasteiger partial charge on any atom is -0.487 e. The number of H-pyrrole nitrogens is 1. The highest BCUT2D eigenvalue weighted by Crippen LogP contribution is 2.35. The summed E-state index contributed by atoms with van der Waals surface area (Å²) in [6.45, 7) is 1.72. The number of rotatable bonds is 7. The molecule has 0 fully saturated rings. The number of carbonyl (C=O) groups excluding carboxylic acids is 1. The highest BCUT2D eigenvalue weighted by Gasteiger charge is 2.16. The van der Waals surface area contributed by atoms with Gasteiger partial charge in [-0.1, -0.05) is 0 Å². The molecule has 9 nitrogen and oxygen atoms in total. The Morgan fingerprint density at radius 2 is 2.22 bits per heavy atom. The molecular weight excluding hydrogens is 350 g/mol. The largest absolute Gasteiger partial charge is 0.487 e. The fraction of sp³-hybridized carbons (Fsp3) is 0.278. The second-order valence-electron chi connectivity index (χ2n) is 6.11. The molecule has 3 aromatic rings. The summed E-state index contributed by atoms with van der Waals surface area (Å²) >= 11 is 0. The van der Waals surface area contributed by atoms with Crippen LogP contribution in [0.5, 0.6) is 17.2 Å². The molecule has 1 N–H and O–H groups in total. The Bertz CT molecular complexity index is 922. The molecule has 1 aromatic carbocycles. The number of aromatic nitrogens is 4. The summed E-state index contributed by atoms with van der Waals surface area (Å²) < 4.78 is 18.2. The van der Waals surface area contributed by atoms with Gasteiger partial charge in [-0.05, 0) is 18.2 Å². The monoisotopic (exact) mass is 369 g/mol. The summed E-state index contributed by atoms with van der Waals surface area (Å²) in [6.07, 6.45) is 5.29. The van der Waals surface area contributed by atoms with Crippen molar-refractivity contribution in [3.05, 3.63) is 54.4 Å². The van der Waals surface area contributed by atoms with E-state index in [1.165, 1.54) is 0 Å². The van der Waals surface area contributed by atoms with E-state index in [1.807, 2.05) is 10.8 Å². The van der Waals surface area contributed by atoms with E-state index in [-0.39, 0.29) is 19.3 Å². The lowest BCUT2D eigenvalue weighted by molar-refractivity contribution is 0.0784. The average molecular weight is 369 g/mol. The predicted molar refractivity (Wildman–Crippen MR) is 94.7 cm³/mol. The maximum Gasteiger partial charge on any atom is 0.274 e. The number of carbonyl (C=O) groups is 1. The molecule has 0 aliphatic carbocycles. The SMILES string of the molecule is CN(CCn1ccnc1)C(=O)c1cc(COc2ccc3c(c2)OCO3)[nH]n1. The standard InChI is InChI=1S/C18H19N5O4/c1-22(6-7-23-5-4-19-11-23)18(24)15-8-13(20-21-15)10-25-14-2-3-16-17(9-14)27-12-26-16/h2-5,8-9,11H,6-7,10,12H2,1H3,(H,20,21). The van der Waals surface area contributed by atoms with Gasteiger partial charge in [0.1, 0.15) is 12.4 Å². The van der Waals surface area contributed by atoms with Gasteiger partial charge in [-0.3, -0.25) is 9.89 Å². The fourth-order valence-electron chi connectivity index (χ4n) is 2.65. The van der Waals surface area contributed by atoms with Crippen LogP contribution in [0.25, 0.3) is 0 Å². The van der Waals surface area contributed by atoms with Crippen molar-refractivity contribution in [1.29, 1.82) is 0 Å². The van der Waals surface area contributed by atoms with Crippen molar-refractivity contribution in [1.82, 2.24) is 24.6 Å². The van der Waals surface area contributed by atoms with E-state index in [2.05, 4.69) is 15.2 Å². The van der Waals surface area contributed by atoms with Gasteiger partial charge in [0.2, 0.25) is 6.79 Å². The van der Waals surface area contributed by atoms with Crippen LogP contribution in [0.1, 0.15) is 16.2 Å². The number of likely N-dealkylation sites (N-methyl/N-ethyl adjacent to an activating group) is 1. The van der Waals surface area contributed by atoms with Crippen LogP contribution < -0.4 is 14.2 Å². The number of ether oxygens (including phenoxy) is 3. The van der Waals surface area contributed by atoms with E-state index >= 15 is 0 Å². The molecule has 0 saturated heterocycles.